The first-order valence-electron chi connectivity index (χ1n) is 6.73. The van der Waals surface area contributed by atoms with Gasteiger partial charge in [-0.2, -0.15) is 0 Å². The third-order valence-electron chi connectivity index (χ3n) is 3.01. The van der Waals surface area contributed by atoms with E-state index in [-0.39, 0.29) is 24.3 Å². The van der Waals surface area contributed by atoms with Gasteiger partial charge in [0.15, 0.2) is 18.1 Å². The van der Waals surface area contributed by atoms with Crippen molar-refractivity contribution in [2.45, 2.75) is 13.0 Å². The van der Waals surface area contributed by atoms with Crippen LogP contribution in [0.2, 0.25) is 0 Å². The summed E-state index contributed by atoms with van der Waals surface area (Å²) in [5.74, 6) is 0.0572. The van der Waals surface area contributed by atoms with Crippen molar-refractivity contribution in [3.05, 3.63) is 36.4 Å². The topological polar surface area (TPSA) is 67.8 Å². The van der Waals surface area contributed by atoms with Gasteiger partial charge >= 0.3 is 0 Å². The smallest absolute Gasteiger partial charge is 0.258 e. The molecule has 0 aliphatic heterocycles. The standard InChI is InChI=1S/C16H19NO4/c1-11(9-20-2)17-16(19)10-21-15-8-13-6-4-3-5-12(13)7-14(15)18/h3-8,11,18H,9-10H2,1-2H3,(H,17,19). The molecule has 5 nitrogen and oxygen atoms in total. The highest BCUT2D eigenvalue weighted by atomic mass is 16.5. The summed E-state index contributed by atoms with van der Waals surface area (Å²) in [5, 5.41) is 14.5. The molecule has 0 fully saturated rings. The van der Waals surface area contributed by atoms with Crippen LogP contribution in [0.3, 0.4) is 0 Å². The quantitative estimate of drug-likeness (QED) is 0.854. The Bertz CT molecular complexity index is 627. The number of rotatable bonds is 6. The second-order valence-corrected chi connectivity index (χ2v) is 4.88. The highest BCUT2D eigenvalue weighted by Crippen LogP contribution is 2.31. The first-order chi connectivity index (χ1) is 10.1. The lowest BCUT2D eigenvalue weighted by Crippen LogP contribution is -2.38. The molecule has 0 spiro atoms. The molecule has 1 unspecified atom stereocenters. The summed E-state index contributed by atoms with van der Waals surface area (Å²) >= 11 is 0. The van der Waals surface area contributed by atoms with Crippen LogP contribution < -0.4 is 10.1 Å². The molecule has 0 aromatic heterocycles. The van der Waals surface area contributed by atoms with Crippen LogP contribution in [-0.2, 0) is 9.53 Å². The number of benzene rings is 2. The van der Waals surface area contributed by atoms with Crippen molar-refractivity contribution < 1.29 is 19.4 Å². The number of carbonyl (C=O) groups is 1. The van der Waals surface area contributed by atoms with Gasteiger partial charge in [0.2, 0.25) is 0 Å². The van der Waals surface area contributed by atoms with E-state index in [1.165, 1.54) is 0 Å². The van der Waals surface area contributed by atoms with Gasteiger partial charge in [-0.3, -0.25) is 4.79 Å². The average Bonchev–Trinajstić information content (AvgIpc) is 2.45. The predicted molar refractivity (Wildman–Crippen MR) is 80.6 cm³/mol. The molecule has 2 N–H and O–H groups in total. The molecular formula is C16H19NO4. The molecule has 0 aliphatic carbocycles. The fourth-order valence-corrected chi connectivity index (χ4v) is 2.07. The van der Waals surface area contributed by atoms with E-state index in [0.717, 1.165) is 10.8 Å². The fraction of sp³-hybridized carbons (Fsp3) is 0.312. The van der Waals surface area contributed by atoms with Gasteiger partial charge in [0.25, 0.3) is 5.91 Å². The Morgan fingerprint density at radius 2 is 1.95 bits per heavy atom. The van der Waals surface area contributed by atoms with Gasteiger partial charge in [0.05, 0.1) is 6.61 Å². The first-order valence-corrected chi connectivity index (χ1v) is 6.73. The lowest BCUT2D eigenvalue weighted by atomic mass is 10.1. The van der Waals surface area contributed by atoms with Gasteiger partial charge in [0, 0.05) is 13.2 Å². The summed E-state index contributed by atoms with van der Waals surface area (Å²) in [5.41, 5.74) is 0. The maximum atomic E-state index is 11.7. The number of amides is 1. The van der Waals surface area contributed by atoms with Crippen LogP contribution in [0.15, 0.2) is 36.4 Å². The number of methoxy groups -OCH3 is 1. The van der Waals surface area contributed by atoms with Gasteiger partial charge in [-0.05, 0) is 29.8 Å². The second kappa shape index (κ2) is 6.95. The van der Waals surface area contributed by atoms with Gasteiger partial charge < -0.3 is 19.9 Å². The number of hydrogen-bond donors (Lipinski definition) is 2. The van der Waals surface area contributed by atoms with Crippen LogP contribution in [-0.4, -0.2) is 37.4 Å². The van der Waals surface area contributed by atoms with Crippen LogP contribution in [0, 0.1) is 0 Å². The van der Waals surface area contributed by atoms with Crippen LogP contribution in [0.1, 0.15) is 6.92 Å². The summed E-state index contributed by atoms with van der Waals surface area (Å²) in [6, 6.07) is 10.9. The van der Waals surface area contributed by atoms with E-state index in [4.69, 9.17) is 9.47 Å². The zero-order chi connectivity index (χ0) is 15.2. The van der Waals surface area contributed by atoms with Crippen LogP contribution in [0.25, 0.3) is 10.8 Å². The molecule has 21 heavy (non-hydrogen) atoms. The fourth-order valence-electron chi connectivity index (χ4n) is 2.07. The van der Waals surface area contributed by atoms with Gasteiger partial charge in [-0.25, -0.2) is 0 Å². The summed E-state index contributed by atoms with van der Waals surface area (Å²) in [4.78, 5) is 11.7. The molecule has 2 aromatic rings. The average molecular weight is 289 g/mol. The molecule has 112 valence electrons. The minimum atomic E-state index is -0.257. The summed E-state index contributed by atoms with van der Waals surface area (Å²) in [7, 11) is 1.58. The number of aromatic hydroxyl groups is 1. The van der Waals surface area contributed by atoms with E-state index < -0.39 is 0 Å². The number of phenols is 1. The maximum absolute atomic E-state index is 11.7. The molecule has 0 radical (unpaired) electrons. The SMILES string of the molecule is COCC(C)NC(=O)COc1cc2ccccc2cc1O. The second-order valence-electron chi connectivity index (χ2n) is 4.88. The number of carbonyl (C=O) groups excluding carboxylic acids is 1. The van der Waals surface area contributed by atoms with Crippen molar-refractivity contribution in [2.24, 2.45) is 0 Å². The van der Waals surface area contributed by atoms with Crippen LogP contribution >= 0.6 is 0 Å². The van der Waals surface area contributed by atoms with E-state index in [0.29, 0.717) is 12.4 Å². The Balaban J connectivity index is 2.00. The largest absolute Gasteiger partial charge is 0.504 e. The van der Waals surface area contributed by atoms with E-state index in [1.54, 1.807) is 19.2 Å². The lowest BCUT2D eigenvalue weighted by molar-refractivity contribution is -0.124. The van der Waals surface area contributed by atoms with E-state index in [1.807, 2.05) is 31.2 Å². The van der Waals surface area contributed by atoms with E-state index >= 15 is 0 Å². The van der Waals surface area contributed by atoms with Gasteiger partial charge in [-0.15, -0.1) is 0 Å². The molecule has 0 aliphatic rings. The number of phenolic OH excluding ortho intramolecular Hbond substituents is 1. The normalized spacial score (nSPS) is 12.1. The van der Waals surface area contributed by atoms with Crippen molar-refractivity contribution in [1.29, 1.82) is 0 Å². The third-order valence-corrected chi connectivity index (χ3v) is 3.01. The van der Waals surface area contributed by atoms with Gasteiger partial charge in [-0.1, -0.05) is 24.3 Å². The molecule has 0 bridgehead atoms. The van der Waals surface area contributed by atoms with E-state index in [2.05, 4.69) is 5.32 Å². The van der Waals surface area contributed by atoms with Crippen molar-refractivity contribution in [2.75, 3.05) is 20.3 Å². The number of ether oxygens (including phenoxy) is 2. The predicted octanol–water partition coefficient (Wildman–Crippen LogP) is 2.08. The van der Waals surface area contributed by atoms with Crippen LogP contribution in [0.4, 0.5) is 0 Å². The number of hydrogen-bond acceptors (Lipinski definition) is 4. The Labute approximate surface area is 123 Å². The minimum Gasteiger partial charge on any atom is -0.504 e. The monoisotopic (exact) mass is 289 g/mol. The Kier molecular flexibility index (Phi) is 5.00. The molecule has 0 saturated heterocycles. The molecule has 2 aromatic carbocycles. The van der Waals surface area contributed by atoms with Gasteiger partial charge in [0.1, 0.15) is 0 Å². The van der Waals surface area contributed by atoms with Crippen molar-refractivity contribution in [3.63, 3.8) is 0 Å². The van der Waals surface area contributed by atoms with E-state index in [9.17, 15) is 9.90 Å². The zero-order valence-electron chi connectivity index (χ0n) is 12.1. The lowest BCUT2D eigenvalue weighted by Gasteiger charge is -2.14. The first kappa shape index (κ1) is 15.1. The molecule has 1 atom stereocenters. The molecule has 0 heterocycles. The van der Waals surface area contributed by atoms with Crippen molar-refractivity contribution >= 4 is 16.7 Å². The summed E-state index contributed by atoms with van der Waals surface area (Å²) < 4.78 is 10.3. The Morgan fingerprint density at radius 3 is 2.62 bits per heavy atom. The third kappa shape index (κ3) is 4.10. The maximum Gasteiger partial charge on any atom is 0.258 e. The molecule has 2 rings (SSSR count). The number of nitrogens with one attached hydrogen (secondary N) is 1. The highest BCUT2D eigenvalue weighted by molar-refractivity contribution is 5.86. The highest BCUT2D eigenvalue weighted by Gasteiger charge is 2.10. The molecular weight excluding hydrogens is 270 g/mol. The summed E-state index contributed by atoms with van der Waals surface area (Å²) in [6.07, 6.45) is 0. The minimum absolute atomic E-state index is 0.0199. The van der Waals surface area contributed by atoms with Crippen molar-refractivity contribution in [1.82, 2.24) is 5.32 Å². The Hall–Kier alpha value is -2.27. The summed E-state index contributed by atoms with van der Waals surface area (Å²) in [6.45, 7) is 2.13. The van der Waals surface area contributed by atoms with Crippen LogP contribution in [0.5, 0.6) is 11.5 Å². The molecule has 5 heteroatoms. The number of fused-ring (bicyclic) bond motifs is 1. The zero-order valence-corrected chi connectivity index (χ0v) is 12.1. The Morgan fingerprint density at radius 1 is 1.29 bits per heavy atom. The molecule has 0 saturated carbocycles. The molecule has 1 amide bonds. The van der Waals surface area contributed by atoms with Crippen molar-refractivity contribution in [3.8, 4) is 11.5 Å².